The van der Waals surface area contributed by atoms with Crippen LogP contribution in [0.5, 0.6) is 0 Å². The third-order valence-corrected chi connectivity index (χ3v) is 10.3. The van der Waals surface area contributed by atoms with Gasteiger partial charge in [-0.15, -0.1) is 0 Å². The first kappa shape index (κ1) is 33.9. The van der Waals surface area contributed by atoms with E-state index in [9.17, 15) is 9.59 Å². The number of hydrogen-bond acceptors (Lipinski definition) is 10. The Balaban J connectivity index is 0.891. The molecule has 0 bridgehead atoms. The third kappa shape index (κ3) is 8.97. The summed E-state index contributed by atoms with van der Waals surface area (Å²) in [4.78, 5) is 30.7. The second-order valence-electron chi connectivity index (χ2n) is 14.1. The van der Waals surface area contributed by atoms with Crippen molar-refractivity contribution in [3.63, 3.8) is 0 Å². The molecule has 260 valence electrons. The second kappa shape index (κ2) is 16.4. The van der Waals surface area contributed by atoms with Gasteiger partial charge in [0.15, 0.2) is 0 Å². The number of benzene rings is 2. The van der Waals surface area contributed by atoms with E-state index >= 15 is 0 Å². The van der Waals surface area contributed by atoms with Gasteiger partial charge in [0.2, 0.25) is 0 Å². The molecule has 50 heavy (non-hydrogen) atoms. The number of rotatable bonds is 12. The first-order valence-electron chi connectivity index (χ1n) is 18.3. The number of nitrogens with zero attached hydrogens (tertiary/aromatic N) is 6. The van der Waals surface area contributed by atoms with E-state index in [0.717, 1.165) is 101 Å². The van der Waals surface area contributed by atoms with Gasteiger partial charge in [0.25, 0.3) is 0 Å². The lowest BCUT2D eigenvalue weighted by atomic mass is 9.78. The fourth-order valence-corrected chi connectivity index (χ4v) is 7.65. The van der Waals surface area contributed by atoms with Crippen LogP contribution in [0.25, 0.3) is 0 Å². The van der Waals surface area contributed by atoms with Gasteiger partial charge in [0, 0.05) is 88.4 Å². The second-order valence-corrected chi connectivity index (χ2v) is 14.1. The molecule has 4 heterocycles. The summed E-state index contributed by atoms with van der Waals surface area (Å²) in [5.41, 5.74) is 7.83. The van der Waals surface area contributed by atoms with Crippen molar-refractivity contribution in [2.45, 2.75) is 63.2 Å². The average Bonchev–Trinajstić information content (AvgIpc) is 3.16. The zero-order chi connectivity index (χ0) is 34.1. The van der Waals surface area contributed by atoms with E-state index < -0.39 is 0 Å². The van der Waals surface area contributed by atoms with Gasteiger partial charge in [-0.2, -0.15) is 20.4 Å². The molecular formula is C40H48N8O2. The lowest BCUT2D eigenvalue weighted by molar-refractivity contribution is -0.118. The van der Waals surface area contributed by atoms with Gasteiger partial charge in [0.1, 0.15) is 11.6 Å². The van der Waals surface area contributed by atoms with Crippen LogP contribution in [0.15, 0.2) is 72.8 Å². The van der Waals surface area contributed by atoms with Crippen LogP contribution in [0.1, 0.15) is 71.4 Å². The van der Waals surface area contributed by atoms with Gasteiger partial charge in [0.05, 0.1) is 35.6 Å². The van der Waals surface area contributed by atoms with Crippen LogP contribution in [-0.2, 0) is 35.3 Å². The summed E-state index contributed by atoms with van der Waals surface area (Å²) in [5.74, 6) is 0.870. The molecule has 3 fully saturated rings. The Morgan fingerprint density at radius 1 is 0.580 bits per heavy atom. The highest BCUT2D eigenvalue weighted by atomic mass is 16.1. The van der Waals surface area contributed by atoms with Gasteiger partial charge in [-0.3, -0.25) is 9.59 Å². The zero-order valence-corrected chi connectivity index (χ0v) is 28.9. The molecule has 2 N–H and O–H groups in total. The predicted octanol–water partition coefficient (Wildman–Crippen LogP) is 4.24. The van der Waals surface area contributed by atoms with Crippen molar-refractivity contribution in [2.24, 2.45) is 0 Å². The van der Waals surface area contributed by atoms with Crippen molar-refractivity contribution in [3.8, 4) is 0 Å². The van der Waals surface area contributed by atoms with Crippen LogP contribution in [0.2, 0.25) is 0 Å². The van der Waals surface area contributed by atoms with E-state index in [2.05, 4.69) is 65.1 Å². The number of hydrogen-bond donors (Lipinski definition) is 2. The van der Waals surface area contributed by atoms with Crippen molar-refractivity contribution >= 4 is 22.9 Å². The van der Waals surface area contributed by atoms with Gasteiger partial charge in [-0.25, -0.2) is 0 Å². The minimum Gasteiger partial charge on any atom is -0.369 e. The quantitative estimate of drug-likeness (QED) is 0.227. The molecule has 2 aromatic heterocycles. The molecule has 0 amide bonds. The SMILES string of the molecule is O=C(Cc1cccc(N2CCNCC2)c1)Cc1ccc([C@H]2CCC[C@H](c3ccc(CC(=O)Cc4cccc(N5CCNCC5)c4)nn3)C2)nn1. The van der Waals surface area contributed by atoms with Crippen LogP contribution < -0.4 is 20.4 Å². The summed E-state index contributed by atoms with van der Waals surface area (Å²) >= 11 is 0. The lowest BCUT2D eigenvalue weighted by Gasteiger charge is -2.29. The smallest absolute Gasteiger partial charge is 0.143 e. The van der Waals surface area contributed by atoms with Crippen molar-refractivity contribution in [1.29, 1.82) is 0 Å². The molecule has 2 atom stereocenters. The predicted molar refractivity (Wildman–Crippen MR) is 196 cm³/mol. The van der Waals surface area contributed by atoms with Crippen molar-refractivity contribution < 1.29 is 9.59 Å². The molecule has 2 saturated heterocycles. The summed E-state index contributed by atoms with van der Waals surface area (Å²) in [6, 6.07) is 24.7. The van der Waals surface area contributed by atoms with Crippen molar-refractivity contribution in [2.75, 3.05) is 62.2 Å². The first-order valence-corrected chi connectivity index (χ1v) is 18.3. The number of ketones is 2. The number of piperazine rings is 2. The molecule has 1 aliphatic carbocycles. The summed E-state index contributed by atoms with van der Waals surface area (Å²) in [6.45, 7) is 7.87. The van der Waals surface area contributed by atoms with Crippen LogP contribution >= 0.6 is 0 Å². The number of anilines is 2. The summed E-state index contributed by atoms with van der Waals surface area (Å²) in [6.07, 6.45) is 5.49. The number of carbonyl (C=O) groups is 2. The fraction of sp³-hybridized carbons (Fsp3) is 0.450. The largest absolute Gasteiger partial charge is 0.369 e. The van der Waals surface area contributed by atoms with Gasteiger partial charge < -0.3 is 20.4 Å². The van der Waals surface area contributed by atoms with Gasteiger partial charge in [-0.1, -0.05) is 30.7 Å². The Morgan fingerprint density at radius 2 is 1.04 bits per heavy atom. The molecule has 0 radical (unpaired) electrons. The van der Waals surface area contributed by atoms with E-state index in [4.69, 9.17) is 0 Å². The van der Waals surface area contributed by atoms with Crippen LogP contribution in [0.3, 0.4) is 0 Å². The maximum atomic E-state index is 13.0. The number of carbonyl (C=O) groups excluding carboxylic acids is 2. The van der Waals surface area contributed by atoms with Crippen LogP contribution in [0.4, 0.5) is 11.4 Å². The Morgan fingerprint density at radius 3 is 1.46 bits per heavy atom. The molecular weight excluding hydrogens is 624 g/mol. The first-order chi connectivity index (χ1) is 24.6. The summed E-state index contributed by atoms with van der Waals surface area (Å²) < 4.78 is 0. The standard InChI is InChI=1S/C40H48N8O2/c49-37(24-29-4-1-8-35(22-29)47-18-14-41-15-19-47)27-33-10-12-39(45-43-33)31-6-3-7-32(26-31)40-13-11-34(44-46-40)28-38(50)25-30-5-2-9-36(23-30)48-20-16-42-17-21-48/h1-2,4-5,8-13,22-23,31-32,41-42H,3,6-7,14-21,24-28H2/t31-,32-/m0/s1. The molecule has 2 aliphatic heterocycles. The van der Waals surface area contributed by atoms with Crippen molar-refractivity contribution in [1.82, 2.24) is 31.0 Å². The Labute approximate surface area is 295 Å². The number of aromatic nitrogens is 4. The lowest BCUT2D eigenvalue weighted by Crippen LogP contribution is -2.43. The highest BCUT2D eigenvalue weighted by molar-refractivity contribution is 5.83. The van der Waals surface area contributed by atoms with Crippen LogP contribution in [0, 0.1) is 0 Å². The Kier molecular flexibility index (Phi) is 11.2. The molecule has 3 aliphatic rings. The topological polar surface area (TPSA) is 116 Å². The molecule has 0 spiro atoms. The van der Waals surface area contributed by atoms with Crippen LogP contribution in [-0.4, -0.2) is 84.3 Å². The fourth-order valence-electron chi connectivity index (χ4n) is 7.65. The number of Topliss-reactive ketones (excluding diaryl/α,β-unsaturated/α-hetero) is 2. The number of nitrogens with one attached hydrogen (secondary N) is 2. The van der Waals surface area contributed by atoms with Crippen molar-refractivity contribution in [3.05, 3.63) is 107 Å². The monoisotopic (exact) mass is 672 g/mol. The van der Waals surface area contributed by atoms with E-state index in [-0.39, 0.29) is 24.4 Å². The summed E-state index contributed by atoms with van der Waals surface area (Å²) in [5, 5.41) is 24.9. The zero-order valence-electron chi connectivity index (χ0n) is 28.9. The molecule has 0 unspecified atom stereocenters. The molecule has 4 aromatic rings. The normalized spacial score (nSPS) is 19.7. The minimum atomic E-state index is 0.144. The van der Waals surface area contributed by atoms with E-state index in [1.807, 2.05) is 48.5 Å². The van der Waals surface area contributed by atoms with E-state index in [1.165, 1.54) is 11.4 Å². The highest BCUT2D eigenvalue weighted by Gasteiger charge is 2.27. The maximum Gasteiger partial charge on any atom is 0.143 e. The molecule has 10 nitrogen and oxygen atoms in total. The third-order valence-electron chi connectivity index (χ3n) is 10.3. The average molecular weight is 673 g/mol. The van der Waals surface area contributed by atoms with Gasteiger partial charge >= 0.3 is 0 Å². The Bertz CT molecular complexity index is 1610. The van der Waals surface area contributed by atoms with E-state index in [1.54, 1.807) is 0 Å². The molecule has 2 aromatic carbocycles. The summed E-state index contributed by atoms with van der Waals surface area (Å²) in [7, 11) is 0. The van der Waals surface area contributed by atoms with Gasteiger partial charge in [-0.05, 0) is 78.9 Å². The Hall–Kier alpha value is -4.54. The molecule has 1 saturated carbocycles. The maximum absolute atomic E-state index is 13.0. The molecule has 7 rings (SSSR count). The highest BCUT2D eigenvalue weighted by Crippen LogP contribution is 2.39. The van der Waals surface area contributed by atoms with E-state index in [0.29, 0.717) is 36.1 Å². The minimum absolute atomic E-state index is 0.144. The molecule has 10 heteroatoms.